The number of thioether (sulfide) groups is 1. The first-order valence-corrected chi connectivity index (χ1v) is 7.98. The summed E-state index contributed by atoms with van der Waals surface area (Å²) in [6, 6.07) is 0. The Labute approximate surface area is 125 Å². The molecule has 0 bridgehead atoms. The van der Waals surface area contributed by atoms with Gasteiger partial charge in [0.15, 0.2) is 5.78 Å². The van der Waals surface area contributed by atoms with Gasteiger partial charge in [-0.05, 0) is 43.1 Å². The number of aliphatic hydroxyl groups is 1. The number of rotatable bonds is 8. The molecule has 0 spiro atoms. The maximum atomic E-state index is 11.6. The van der Waals surface area contributed by atoms with Crippen molar-refractivity contribution in [1.82, 2.24) is 0 Å². The lowest BCUT2D eigenvalue weighted by molar-refractivity contribution is -0.141. The minimum absolute atomic E-state index is 0.0547. The third-order valence-corrected chi connectivity index (χ3v) is 5.01. The van der Waals surface area contributed by atoms with Crippen molar-refractivity contribution in [2.24, 2.45) is 5.92 Å². The quantitative estimate of drug-likeness (QED) is 0.698. The number of allylic oxidation sites excluding steroid dienone is 1. The van der Waals surface area contributed by atoms with Crippen molar-refractivity contribution < 1.29 is 19.4 Å². The Hall–Kier alpha value is -0.810. The minimum atomic E-state index is -0.822. The second kappa shape index (κ2) is 7.84. The Bertz CT molecular complexity index is 378. The Morgan fingerprint density at radius 3 is 2.70 bits per heavy atom. The van der Waals surface area contributed by atoms with Crippen molar-refractivity contribution in [1.29, 1.82) is 0 Å². The molecule has 0 amide bonds. The highest BCUT2D eigenvalue weighted by Gasteiger charge is 2.33. The van der Waals surface area contributed by atoms with Gasteiger partial charge in [-0.15, -0.1) is 11.8 Å². The third kappa shape index (κ3) is 4.94. The zero-order valence-corrected chi connectivity index (χ0v) is 13.2. The molecule has 0 aromatic rings. The Morgan fingerprint density at radius 2 is 2.20 bits per heavy atom. The van der Waals surface area contributed by atoms with Crippen molar-refractivity contribution in [2.75, 3.05) is 7.11 Å². The fourth-order valence-corrected chi connectivity index (χ4v) is 3.18. The molecule has 0 aromatic heterocycles. The summed E-state index contributed by atoms with van der Waals surface area (Å²) >= 11 is 1.52. The van der Waals surface area contributed by atoms with Gasteiger partial charge < -0.3 is 9.84 Å². The highest BCUT2D eigenvalue weighted by Crippen LogP contribution is 2.33. The standard InChI is InChI=1S/C15H24O4S/c1-11(2)15(18,8-4-5-14(17)19-3)9-6-13-12(16)7-10-20-13/h7,10-11,13,18H,4-6,8-9H2,1-3H3. The van der Waals surface area contributed by atoms with E-state index in [1.54, 1.807) is 6.08 Å². The molecule has 0 radical (unpaired) electrons. The van der Waals surface area contributed by atoms with E-state index < -0.39 is 5.60 Å². The minimum Gasteiger partial charge on any atom is -0.469 e. The first-order valence-electron chi connectivity index (χ1n) is 7.04. The molecule has 0 aliphatic carbocycles. The van der Waals surface area contributed by atoms with Gasteiger partial charge in [0.1, 0.15) is 0 Å². The van der Waals surface area contributed by atoms with Crippen LogP contribution in [0.15, 0.2) is 11.5 Å². The molecule has 114 valence electrons. The first-order chi connectivity index (χ1) is 9.39. The van der Waals surface area contributed by atoms with E-state index in [0.29, 0.717) is 32.1 Å². The van der Waals surface area contributed by atoms with Crippen molar-refractivity contribution in [2.45, 2.75) is 56.8 Å². The summed E-state index contributed by atoms with van der Waals surface area (Å²) in [6.07, 6.45) is 4.33. The van der Waals surface area contributed by atoms with Crippen molar-refractivity contribution in [3.63, 3.8) is 0 Å². The maximum absolute atomic E-state index is 11.6. The molecule has 4 nitrogen and oxygen atoms in total. The fourth-order valence-electron chi connectivity index (χ4n) is 2.31. The summed E-state index contributed by atoms with van der Waals surface area (Å²) < 4.78 is 4.60. The van der Waals surface area contributed by atoms with Gasteiger partial charge in [-0.2, -0.15) is 0 Å². The normalized spacial score (nSPS) is 21.2. The third-order valence-electron chi connectivity index (χ3n) is 3.92. The summed E-state index contributed by atoms with van der Waals surface area (Å²) in [7, 11) is 1.37. The van der Waals surface area contributed by atoms with Crippen LogP contribution in [0.2, 0.25) is 0 Å². The highest BCUT2D eigenvalue weighted by molar-refractivity contribution is 8.03. The largest absolute Gasteiger partial charge is 0.469 e. The van der Waals surface area contributed by atoms with Gasteiger partial charge in [0.2, 0.25) is 0 Å². The topological polar surface area (TPSA) is 63.6 Å². The van der Waals surface area contributed by atoms with Crippen LogP contribution >= 0.6 is 11.8 Å². The second-order valence-corrected chi connectivity index (χ2v) is 6.67. The molecule has 0 aromatic carbocycles. The van der Waals surface area contributed by atoms with Crippen LogP contribution in [-0.4, -0.2) is 34.8 Å². The van der Waals surface area contributed by atoms with E-state index in [1.165, 1.54) is 18.9 Å². The van der Waals surface area contributed by atoms with Gasteiger partial charge in [-0.25, -0.2) is 0 Å². The number of ketones is 1. The van der Waals surface area contributed by atoms with E-state index in [-0.39, 0.29) is 22.9 Å². The molecule has 1 heterocycles. The summed E-state index contributed by atoms with van der Waals surface area (Å²) in [4.78, 5) is 22.7. The van der Waals surface area contributed by atoms with Crippen molar-refractivity contribution in [3.05, 3.63) is 11.5 Å². The molecule has 2 unspecified atom stereocenters. The van der Waals surface area contributed by atoms with Gasteiger partial charge in [0, 0.05) is 6.42 Å². The first kappa shape index (κ1) is 17.2. The van der Waals surface area contributed by atoms with Crippen LogP contribution in [0.4, 0.5) is 0 Å². The molecule has 2 atom stereocenters. The molecule has 0 saturated heterocycles. The number of carbonyl (C=O) groups excluding carboxylic acids is 2. The number of carbonyl (C=O) groups is 2. The van der Waals surface area contributed by atoms with Crippen LogP contribution in [0.25, 0.3) is 0 Å². The van der Waals surface area contributed by atoms with Crippen LogP contribution in [-0.2, 0) is 14.3 Å². The van der Waals surface area contributed by atoms with Crippen LogP contribution in [0.3, 0.4) is 0 Å². The zero-order chi connectivity index (χ0) is 15.2. The zero-order valence-electron chi connectivity index (χ0n) is 12.4. The molecular weight excluding hydrogens is 276 g/mol. The van der Waals surface area contributed by atoms with E-state index in [4.69, 9.17) is 0 Å². The molecular formula is C15H24O4S. The lowest BCUT2D eigenvalue weighted by Crippen LogP contribution is -2.36. The maximum Gasteiger partial charge on any atom is 0.305 e. The second-order valence-electron chi connectivity index (χ2n) is 5.56. The van der Waals surface area contributed by atoms with Crippen LogP contribution in [0.1, 0.15) is 46.0 Å². The number of hydrogen-bond donors (Lipinski definition) is 1. The lowest BCUT2D eigenvalue weighted by Gasteiger charge is -2.33. The lowest BCUT2D eigenvalue weighted by atomic mass is 9.81. The Morgan fingerprint density at radius 1 is 1.50 bits per heavy atom. The van der Waals surface area contributed by atoms with Gasteiger partial charge in [0.05, 0.1) is 18.0 Å². The number of ether oxygens (including phenoxy) is 1. The van der Waals surface area contributed by atoms with E-state index in [1.807, 2.05) is 19.3 Å². The van der Waals surface area contributed by atoms with E-state index in [0.717, 1.165) is 0 Å². The number of methoxy groups -OCH3 is 1. The fraction of sp³-hybridized carbons (Fsp3) is 0.733. The van der Waals surface area contributed by atoms with Gasteiger partial charge >= 0.3 is 5.97 Å². The molecule has 5 heteroatoms. The van der Waals surface area contributed by atoms with E-state index in [9.17, 15) is 14.7 Å². The molecule has 1 aliphatic heterocycles. The SMILES string of the molecule is COC(=O)CCCC(O)(CCC1SC=CC1=O)C(C)C. The average Bonchev–Trinajstić information content (AvgIpc) is 2.81. The van der Waals surface area contributed by atoms with Crippen LogP contribution < -0.4 is 0 Å². The van der Waals surface area contributed by atoms with Crippen LogP contribution in [0, 0.1) is 5.92 Å². The molecule has 1 rings (SSSR count). The smallest absolute Gasteiger partial charge is 0.305 e. The summed E-state index contributed by atoms with van der Waals surface area (Å²) in [6.45, 7) is 3.94. The van der Waals surface area contributed by atoms with Gasteiger partial charge in [-0.3, -0.25) is 9.59 Å². The monoisotopic (exact) mass is 300 g/mol. The predicted octanol–water partition coefficient (Wildman–Crippen LogP) is 2.70. The highest BCUT2D eigenvalue weighted by atomic mass is 32.2. The number of esters is 1. The molecule has 20 heavy (non-hydrogen) atoms. The molecule has 1 aliphatic rings. The predicted molar refractivity (Wildman–Crippen MR) is 80.4 cm³/mol. The van der Waals surface area contributed by atoms with E-state index >= 15 is 0 Å². The molecule has 0 fully saturated rings. The summed E-state index contributed by atoms with van der Waals surface area (Å²) in [5.41, 5.74) is -0.822. The Kier molecular flexibility index (Phi) is 6.76. The van der Waals surface area contributed by atoms with E-state index in [2.05, 4.69) is 4.74 Å². The van der Waals surface area contributed by atoms with Crippen molar-refractivity contribution >= 4 is 23.5 Å². The average molecular weight is 300 g/mol. The number of hydrogen-bond acceptors (Lipinski definition) is 5. The van der Waals surface area contributed by atoms with Gasteiger partial charge in [0.25, 0.3) is 0 Å². The summed E-state index contributed by atoms with van der Waals surface area (Å²) in [5, 5.41) is 12.5. The summed E-state index contributed by atoms with van der Waals surface area (Å²) in [5.74, 6) is -0.0212. The van der Waals surface area contributed by atoms with Crippen molar-refractivity contribution in [3.8, 4) is 0 Å². The van der Waals surface area contributed by atoms with Crippen LogP contribution in [0.5, 0.6) is 0 Å². The Balaban J connectivity index is 2.44. The molecule has 1 N–H and O–H groups in total. The molecule has 0 saturated carbocycles. The van der Waals surface area contributed by atoms with Gasteiger partial charge in [-0.1, -0.05) is 13.8 Å².